The number of hydrogen-bond acceptors (Lipinski definition) is 3. The summed E-state index contributed by atoms with van der Waals surface area (Å²) in [6.07, 6.45) is 8.07. The van der Waals surface area contributed by atoms with E-state index in [1.54, 1.807) is 6.20 Å². The Morgan fingerprint density at radius 2 is 1.86 bits per heavy atom. The fraction of sp³-hybridized carbons (Fsp3) is 0.379. The minimum atomic E-state index is 0.124. The smallest absolute Gasteiger partial charge is 0.253 e. The molecule has 0 spiro atoms. The fourth-order valence-electron chi connectivity index (χ4n) is 5.70. The highest BCUT2D eigenvalue weighted by atomic mass is 35.5. The van der Waals surface area contributed by atoms with Crippen molar-refractivity contribution in [1.82, 2.24) is 14.8 Å². The number of halogens is 2. The molecule has 182 valence electrons. The molecular formula is C29H31Cl2N3O. The molecule has 1 aromatic heterocycles. The lowest BCUT2D eigenvalue weighted by molar-refractivity contribution is 0.0478. The molecule has 4 nitrogen and oxygen atoms in total. The number of likely N-dealkylation sites (tertiary alicyclic amines) is 2. The van der Waals surface area contributed by atoms with E-state index in [0.29, 0.717) is 27.9 Å². The molecule has 2 aliphatic heterocycles. The van der Waals surface area contributed by atoms with Crippen LogP contribution in [-0.2, 0) is 6.42 Å². The third-order valence-electron chi connectivity index (χ3n) is 7.74. The van der Waals surface area contributed by atoms with Crippen LogP contribution in [0.1, 0.15) is 35.2 Å². The van der Waals surface area contributed by atoms with Crippen molar-refractivity contribution in [1.29, 1.82) is 0 Å². The van der Waals surface area contributed by atoms with Gasteiger partial charge in [0.15, 0.2) is 0 Å². The minimum Gasteiger partial charge on any atom is -0.339 e. The number of amides is 1. The number of fused-ring (bicyclic) bond motifs is 1. The first kappa shape index (κ1) is 24.3. The Morgan fingerprint density at radius 3 is 2.63 bits per heavy atom. The summed E-state index contributed by atoms with van der Waals surface area (Å²) in [5.41, 5.74) is 2.90. The van der Waals surface area contributed by atoms with Crippen molar-refractivity contribution in [2.24, 2.45) is 11.8 Å². The zero-order valence-corrected chi connectivity index (χ0v) is 21.4. The second-order valence-corrected chi connectivity index (χ2v) is 10.6. The van der Waals surface area contributed by atoms with Crippen LogP contribution in [0, 0.1) is 11.8 Å². The third kappa shape index (κ3) is 5.40. The van der Waals surface area contributed by atoms with Crippen molar-refractivity contribution in [2.75, 3.05) is 26.2 Å². The summed E-state index contributed by atoms with van der Waals surface area (Å²) >= 11 is 12.3. The topological polar surface area (TPSA) is 36.4 Å². The molecule has 2 aliphatic rings. The van der Waals surface area contributed by atoms with Crippen LogP contribution in [0.4, 0.5) is 0 Å². The Kier molecular flexibility index (Phi) is 7.43. The molecule has 1 amide bonds. The van der Waals surface area contributed by atoms with Gasteiger partial charge in [-0.2, -0.15) is 0 Å². The van der Waals surface area contributed by atoms with E-state index in [0.717, 1.165) is 68.3 Å². The predicted octanol–water partition coefficient (Wildman–Crippen LogP) is 6.51. The molecule has 0 radical (unpaired) electrons. The maximum Gasteiger partial charge on any atom is 0.253 e. The van der Waals surface area contributed by atoms with Crippen molar-refractivity contribution in [3.8, 4) is 0 Å². The number of pyridine rings is 1. The van der Waals surface area contributed by atoms with Crippen LogP contribution in [0.2, 0.25) is 10.0 Å². The lowest BCUT2D eigenvalue weighted by Gasteiger charge is -2.44. The molecule has 3 heterocycles. The Balaban J connectivity index is 1.17. The molecule has 2 saturated heterocycles. The second kappa shape index (κ2) is 10.7. The molecule has 1 unspecified atom stereocenters. The Labute approximate surface area is 217 Å². The largest absolute Gasteiger partial charge is 0.339 e. The van der Waals surface area contributed by atoms with Gasteiger partial charge in [0.25, 0.3) is 5.91 Å². The number of hydrogen-bond donors (Lipinski definition) is 0. The number of carbonyl (C=O) groups is 1. The Morgan fingerprint density at radius 1 is 1.03 bits per heavy atom. The fourth-order valence-corrected chi connectivity index (χ4v) is 6.02. The summed E-state index contributed by atoms with van der Waals surface area (Å²) in [5, 5.41) is 2.24. The highest BCUT2D eigenvalue weighted by Gasteiger charge is 2.33. The number of carbonyl (C=O) groups excluding carboxylic acids is 1. The lowest BCUT2D eigenvalue weighted by Crippen LogP contribution is -2.51. The summed E-state index contributed by atoms with van der Waals surface area (Å²) in [6, 6.07) is 16.2. The van der Waals surface area contributed by atoms with Crippen molar-refractivity contribution in [2.45, 2.75) is 31.7 Å². The number of aromatic nitrogens is 1. The van der Waals surface area contributed by atoms with Gasteiger partial charge in [-0.3, -0.25) is 14.7 Å². The summed E-state index contributed by atoms with van der Waals surface area (Å²) in [5.74, 6) is 1.13. The van der Waals surface area contributed by atoms with E-state index < -0.39 is 0 Å². The van der Waals surface area contributed by atoms with E-state index in [-0.39, 0.29) is 5.91 Å². The highest BCUT2D eigenvalue weighted by molar-refractivity contribution is 6.42. The van der Waals surface area contributed by atoms with Crippen LogP contribution in [0.3, 0.4) is 0 Å². The summed E-state index contributed by atoms with van der Waals surface area (Å²) in [7, 11) is 0. The van der Waals surface area contributed by atoms with Gasteiger partial charge in [-0.05, 0) is 86.0 Å². The molecule has 5 rings (SSSR count). The SMILES string of the molecule is C=C[C@@H]1CN(C2CCN(C(=O)c3ccc4ncccc4c3)CC2)CCC1Cc1ccc(Cl)c(Cl)c1. The lowest BCUT2D eigenvalue weighted by atomic mass is 9.80. The highest BCUT2D eigenvalue weighted by Crippen LogP contribution is 2.33. The molecule has 0 bridgehead atoms. The van der Waals surface area contributed by atoms with E-state index in [2.05, 4.69) is 28.6 Å². The van der Waals surface area contributed by atoms with Gasteiger partial charge >= 0.3 is 0 Å². The summed E-state index contributed by atoms with van der Waals surface area (Å²) < 4.78 is 0. The molecule has 0 N–H and O–H groups in total. The monoisotopic (exact) mass is 507 g/mol. The molecule has 3 aromatic rings. The van der Waals surface area contributed by atoms with Crippen LogP contribution in [0.5, 0.6) is 0 Å². The van der Waals surface area contributed by atoms with Crippen LogP contribution in [0.25, 0.3) is 10.9 Å². The zero-order chi connectivity index (χ0) is 24.4. The van der Waals surface area contributed by atoms with Gasteiger partial charge in [0.1, 0.15) is 0 Å². The van der Waals surface area contributed by atoms with Crippen molar-refractivity contribution < 1.29 is 4.79 Å². The third-order valence-corrected chi connectivity index (χ3v) is 8.48. The summed E-state index contributed by atoms with van der Waals surface area (Å²) in [4.78, 5) is 22.1. The van der Waals surface area contributed by atoms with Crippen molar-refractivity contribution in [3.63, 3.8) is 0 Å². The first-order chi connectivity index (χ1) is 17.0. The molecule has 0 saturated carbocycles. The molecule has 35 heavy (non-hydrogen) atoms. The van der Waals surface area contributed by atoms with E-state index in [9.17, 15) is 4.79 Å². The molecular weight excluding hydrogens is 477 g/mol. The Hall–Kier alpha value is -2.40. The molecule has 2 aromatic carbocycles. The van der Waals surface area contributed by atoms with Gasteiger partial charge in [-0.15, -0.1) is 6.58 Å². The van der Waals surface area contributed by atoms with Crippen molar-refractivity contribution >= 4 is 40.0 Å². The van der Waals surface area contributed by atoms with Gasteiger partial charge in [-0.1, -0.05) is 41.4 Å². The van der Waals surface area contributed by atoms with Gasteiger partial charge < -0.3 is 4.90 Å². The van der Waals surface area contributed by atoms with E-state index >= 15 is 0 Å². The minimum absolute atomic E-state index is 0.124. The predicted molar refractivity (Wildman–Crippen MR) is 144 cm³/mol. The van der Waals surface area contributed by atoms with Crippen molar-refractivity contribution in [3.05, 3.63) is 88.6 Å². The second-order valence-electron chi connectivity index (χ2n) is 9.83. The Bertz CT molecular complexity index is 1220. The molecule has 2 atom stereocenters. The van der Waals surface area contributed by atoms with Gasteiger partial charge in [0.2, 0.25) is 0 Å². The van der Waals surface area contributed by atoms with Crippen LogP contribution in [0.15, 0.2) is 67.4 Å². The van der Waals surface area contributed by atoms with E-state index in [1.165, 1.54) is 5.56 Å². The van der Waals surface area contributed by atoms with E-state index in [4.69, 9.17) is 23.2 Å². The number of nitrogens with zero attached hydrogens (tertiary/aromatic N) is 3. The zero-order valence-electron chi connectivity index (χ0n) is 19.9. The number of rotatable bonds is 5. The maximum absolute atomic E-state index is 13.1. The molecule has 0 aliphatic carbocycles. The van der Waals surface area contributed by atoms with Crippen LogP contribution < -0.4 is 0 Å². The molecule has 2 fully saturated rings. The first-order valence-electron chi connectivity index (χ1n) is 12.5. The van der Waals surface area contributed by atoms with Gasteiger partial charge in [0.05, 0.1) is 15.6 Å². The maximum atomic E-state index is 13.1. The normalized spacial score (nSPS) is 21.8. The first-order valence-corrected chi connectivity index (χ1v) is 13.2. The molecule has 6 heteroatoms. The average molecular weight is 508 g/mol. The van der Waals surface area contributed by atoms with Crippen LogP contribution in [-0.4, -0.2) is 52.9 Å². The standard InChI is InChI=1S/C29H31Cl2N3O/c1-2-21-19-34(13-9-22(21)16-20-5-7-26(30)27(31)17-20)25-10-14-33(15-11-25)29(35)24-6-8-28-23(18-24)4-3-12-32-28/h2-8,12,17-18,21-22,25H,1,9-11,13-16,19H2/t21-,22?/m1/s1. The van der Waals surface area contributed by atoms with Gasteiger partial charge in [0, 0.05) is 42.8 Å². The number of piperidine rings is 2. The van der Waals surface area contributed by atoms with E-state index in [1.807, 2.05) is 47.4 Å². The average Bonchev–Trinajstić information content (AvgIpc) is 2.90. The number of benzene rings is 2. The summed E-state index contributed by atoms with van der Waals surface area (Å²) in [6.45, 7) is 7.87. The van der Waals surface area contributed by atoms with Crippen LogP contribution >= 0.6 is 23.2 Å². The quantitative estimate of drug-likeness (QED) is 0.369. The van der Waals surface area contributed by atoms with Gasteiger partial charge in [-0.25, -0.2) is 0 Å².